The lowest BCUT2D eigenvalue weighted by Gasteiger charge is -2.35. The summed E-state index contributed by atoms with van der Waals surface area (Å²) in [6.45, 7) is 3.26. The van der Waals surface area contributed by atoms with Crippen LogP contribution in [0.5, 0.6) is 0 Å². The van der Waals surface area contributed by atoms with Crippen molar-refractivity contribution in [2.75, 3.05) is 0 Å². The molecule has 3 unspecified atom stereocenters. The van der Waals surface area contributed by atoms with Gasteiger partial charge in [0.05, 0.1) is 6.33 Å². The third-order valence-electron chi connectivity index (χ3n) is 4.54. The molecule has 0 bridgehead atoms. The topological polar surface area (TPSA) is 29.9 Å². The molecule has 1 saturated carbocycles. The van der Waals surface area contributed by atoms with Crippen LogP contribution in [0.3, 0.4) is 0 Å². The van der Waals surface area contributed by atoms with Crippen LogP contribution >= 0.6 is 0 Å². The van der Waals surface area contributed by atoms with E-state index in [0.717, 1.165) is 6.54 Å². The maximum absolute atomic E-state index is 4.12. The standard InChI is InChI=1S/C18H25N3/c1-15(13-21-12-11-19-14-21)20-18-10-6-5-9-17(18)16-7-3-2-4-8-16/h2-4,7-8,11-12,14-15,17-18,20H,5-6,9-10,13H2,1H3. The van der Waals surface area contributed by atoms with Crippen LogP contribution in [0, 0.1) is 0 Å². The maximum atomic E-state index is 4.12. The van der Waals surface area contributed by atoms with Crippen molar-refractivity contribution in [1.82, 2.24) is 14.9 Å². The van der Waals surface area contributed by atoms with Gasteiger partial charge in [-0.15, -0.1) is 0 Å². The molecule has 0 radical (unpaired) electrons. The second-order valence-electron chi connectivity index (χ2n) is 6.24. The highest BCUT2D eigenvalue weighted by Gasteiger charge is 2.27. The molecule has 1 aliphatic carbocycles. The third-order valence-corrected chi connectivity index (χ3v) is 4.54. The van der Waals surface area contributed by atoms with E-state index < -0.39 is 0 Å². The van der Waals surface area contributed by atoms with Crippen molar-refractivity contribution in [3.8, 4) is 0 Å². The van der Waals surface area contributed by atoms with Crippen LogP contribution in [0.25, 0.3) is 0 Å². The van der Waals surface area contributed by atoms with Crippen LogP contribution in [0.15, 0.2) is 49.1 Å². The number of nitrogens with zero attached hydrogens (tertiary/aromatic N) is 2. The van der Waals surface area contributed by atoms with Gasteiger partial charge in [0, 0.05) is 31.0 Å². The molecule has 1 fully saturated rings. The molecule has 0 spiro atoms. The van der Waals surface area contributed by atoms with Crippen molar-refractivity contribution in [3.63, 3.8) is 0 Å². The van der Waals surface area contributed by atoms with E-state index in [4.69, 9.17) is 0 Å². The highest BCUT2D eigenvalue weighted by Crippen LogP contribution is 2.33. The van der Waals surface area contributed by atoms with Crippen LogP contribution in [0.2, 0.25) is 0 Å². The van der Waals surface area contributed by atoms with Crippen LogP contribution < -0.4 is 5.32 Å². The van der Waals surface area contributed by atoms with Crippen molar-refractivity contribution in [2.24, 2.45) is 0 Å². The lowest BCUT2D eigenvalue weighted by molar-refractivity contribution is 0.293. The molecule has 3 nitrogen and oxygen atoms in total. The van der Waals surface area contributed by atoms with Crippen molar-refractivity contribution in [1.29, 1.82) is 0 Å². The van der Waals surface area contributed by atoms with Crippen molar-refractivity contribution in [2.45, 2.75) is 57.2 Å². The van der Waals surface area contributed by atoms with E-state index in [1.165, 1.54) is 31.2 Å². The van der Waals surface area contributed by atoms with E-state index in [0.29, 0.717) is 18.0 Å². The Balaban J connectivity index is 1.64. The SMILES string of the molecule is CC(Cn1ccnc1)NC1CCCCC1c1ccccc1. The Kier molecular flexibility index (Phi) is 4.71. The van der Waals surface area contributed by atoms with Crippen LogP contribution in [-0.4, -0.2) is 21.6 Å². The molecular formula is C18H25N3. The van der Waals surface area contributed by atoms with Crippen molar-refractivity contribution >= 4 is 0 Å². The minimum absolute atomic E-state index is 0.466. The van der Waals surface area contributed by atoms with Gasteiger partial charge in [0.15, 0.2) is 0 Å². The Hall–Kier alpha value is -1.61. The molecule has 2 aromatic rings. The van der Waals surface area contributed by atoms with Gasteiger partial charge in [-0.3, -0.25) is 0 Å². The molecule has 3 heteroatoms. The predicted molar refractivity (Wildman–Crippen MR) is 86.3 cm³/mol. The highest BCUT2D eigenvalue weighted by molar-refractivity contribution is 5.22. The van der Waals surface area contributed by atoms with Gasteiger partial charge in [-0.2, -0.15) is 0 Å². The van der Waals surface area contributed by atoms with E-state index in [2.05, 4.69) is 52.1 Å². The average molecular weight is 283 g/mol. The van der Waals surface area contributed by atoms with Crippen LogP contribution in [-0.2, 0) is 6.54 Å². The van der Waals surface area contributed by atoms with Gasteiger partial charge in [-0.25, -0.2) is 4.98 Å². The fourth-order valence-corrected chi connectivity index (χ4v) is 3.56. The van der Waals surface area contributed by atoms with Gasteiger partial charge in [0.25, 0.3) is 0 Å². The van der Waals surface area contributed by atoms with Gasteiger partial charge < -0.3 is 9.88 Å². The number of aromatic nitrogens is 2. The molecule has 1 aromatic carbocycles. The van der Waals surface area contributed by atoms with Gasteiger partial charge in [-0.05, 0) is 31.2 Å². The normalized spacial score (nSPS) is 23.9. The molecule has 1 heterocycles. The summed E-state index contributed by atoms with van der Waals surface area (Å²) in [7, 11) is 0. The summed E-state index contributed by atoms with van der Waals surface area (Å²) in [5, 5.41) is 3.86. The second-order valence-corrected chi connectivity index (χ2v) is 6.24. The van der Waals surface area contributed by atoms with E-state index >= 15 is 0 Å². The van der Waals surface area contributed by atoms with Gasteiger partial charge in [0.2, 0.25) is 0 Å². The first-order valence-corrected chi connectivity index (χ1v) is 8.09. The predicted octanol–water partition coefficient (Wildman–Crippen LogP) is 3.59. The lowest BCUT2D eigenvalue weighted by atomic mass is 9.79. The number of hydrogen-bond acceptors (Lipinski definition) is 2. The Morgan fingerprint density at radius 3 is 2.81 bits per heavy atom. The zero-order chi connectivity index (χ0) is 14.5. The smallest absolute Gasteiger partial charge is 0.0946 e. The molecule has 1 N–H and O–H groups in total. The summed E-state index contributed by atoms with van der Waals surface area (Å²) in [5.74, 6) is 0.658. The number of hydrogen-bond donors (Lipinski definition) is 1. The molecule has 0 saturated heterocycles. The molecule has 0 aliphatic heterocycles. The van der Waals surface area contributed by atoms with Crippen LogP contribution in [0.1, 0.15) is 44.1 Å². The van der Waals surface area contributed by atoms with Gasteiger partial charge in [-0.1, -0.05) is 43.2 Å². The summed E-state index contributed by atoms with van der Waals surface area (Å²) in [4.78, 5) is 4.12. The van der Waals surface area contributed by atoms with Gasteiger partial charge in [0.1, 0.15) is 0 Å². The summed E-state index contributed by atoms with van der Waals surface area (Å²) >= 11 is 0. The number of nitrogens with one attached hydrogen (secondary N) is 1. The summed E-state index contributed by atoms with van der Waals surface area (Å²) in [6, 6.07) is 12.1. The second kappa shape index (κ2) is 6.90. The fourth-order valence-electron chi connectivity index (χ4n) is 3.56. The zero-order valence-electron chi connectivity index (χ0n) is 12.8. The first-order chi connectivity index (χ1) is 10.3. The third kappa shape index (κ3) is 3.73. The van der Waals surface area contributed by atoms with E-state index in [-0.39, 0.29) is 0 Å². The largest absolute Gasteiger partial charge is 0.336 e. The Morgan fingerprint density at radius 2 is 2.05 bits per heavy atom. The zero-order valence-corrected chi connectivity index (χ0v) is 12.8. The monoisotopic (exact) mass is 283 g/mol. The van der Waals surface area contributed by atoms with Crippen molar-refractivity contribution < 1.29 is 0 Å². The lowest BCUT2D eigenvalue weighted by Crippen LogP contribution is -2.43. The Bertz CT molecular complexity index is 521. The highest BCUT2D eigenvalue weighted by atomic mass is 15.1. The maximum Gasteiger partial charge on any atom is 0.0946 e. The average Bonchev–Trinajstić information content (AvgIpc) is 3.01. The molecule has 3 atom stereocenters. The Morgan fingerprint density at radius 1 is 1.24 bits per heavy atom. The first-order valence-electron chi connectivity index (χ1n) is 8.09. The fraction of sp³-hybridized carbons (Fsp3) is 0.500. The number of benzene rings is 1. The summed E-state index contributed by atoms with van der Waals surface area (Å²) in [5.41, 5.74) is 1.49. The summed E-state index contributed by atoms with van der Waals surface area (Å²) < 4.78 is 2.15. The Labute approximate surface area is 127 Å². The van der Waals surface area contributed by atoms with E-state index in [1.807, 2.05) is 18.7 Å². The van der Waals surface area contributed by atoms with E-state index in [9.17, 15) is 0 Å². The molecule has 21 heavy (non-hydrogen) atoms. The minimum atomic E-state index is 0.466. The molecule has 0 amide bonds. The molecule has 1 aliphatic rings. The molecule has 3 rings (SSSR count). The molecule has 1 aromatic heterocycles. The van der Waals surface area contributed by atoms with Gasteiger partial charge >= 0.3 is 0 Å². The number of rotatable bonds is 5. The van der Waals surface area contributed by atoms with Crippen molar-refractivity contribution in [3.05, 3.63) is 54.6 Å². The van der Waals surface area contributed by atoms with E-state index in [1.54, 1.807) is 0 Å². The number of imidazole rings is 1. The molecule has 112 valence electrons. The van der Waals surface area contributed by atoms with Crippen LogP contribution in [0.4, 0.5) is 0 Å². The quantitative estimate of drug-likeness (QED) is 0.909. The summed E-state index contributed by atoms with van der Waals surface area (Å²) in [6.07, 6.45) is 11.1. The first kappa shape index (κ1) is 14.3. The minimum Gasteiger partial charge on any atom is -0.336 e. The molecular weight excluding hydrogens is 258 g/mol.